The molecule has 2 aromatic rings. The second-order valence-electron chi connectivity index (χ2n) is 2.32. The van der Waals surface area contributed by atoms with Gasteiger partial charge in [0, 0.05) is 17.1 Å². The Morgan fingerprint density at radius 2 is 1.29 bits per heavy atom. The molecule has 0 spiro atoms. The zero-order chi connectivity index (χ0) is 12.0. The first-order valence-electron chi connectivity index (χ1n) is 3.79. The van der Waals surface area contributed by atoms with Gasteiger partial charge in [0.2, 0.25) is 0 Å². The number of hydrogen-bond acceptors (Lipinski definition) is 6. The smallest absolute Gasteiger partial charge is 0.358 e. The molecule has 92 valence electrons. The molecule has 0 amide bonds. The van der Waals surface area contributed by atoms with Gasteiger partial charge in [-0.25, -0.2) is 9.59 Å². The molecule has 0 bridgehead atoms. The van der Waals surface area contributed by atoms with Crippen molar-refractivity contribution in [3.63, 3.8) is 0 Å². The summed E-state index contributed by atoms with van der Waals surface area (Å²) in [5, 5.41) is 33.8. The van der Waals surface area contributed by atoms with Crippen LogP contribution in [0.25, 0.3) is 0 Å². The third-order valence-corrected chi connectivity index (χ3v) is 1.27. The monoisotopic (exact) mass is 282 g/mol. The normalized spacial score (nSPS) is 8.47. The van der Waals surface area contributed by atoms with Crippen LogP contribution in [-0.2, 0) is 17.1 Å². The molecule has 4 N–H and O–H groups in total. The van der Waals surface area contributed by atoms with E-state index in [0.717, 1.165) is 12.4 Å². The van der Waals surface area contributed by atoms with Gasteiger partial charge in [-0.1, -0.05) is 0 Å². The molecule has 0 radical (unpaired) electrons. The third-order valence-electron chi connectivity index (χ3n) is 1.27. The van der Waals surface area contributed by atoms with Crippen LogP contribution in [-0.4, -0.2) is 53.0 Å². The molecular formula is C6H6FeN6O4. The Kier molecular flexibility index (Phi) is 6.14. The number of nitrogens with one attached hydrogen (secondary N) is 2. The molecule has 2 heterocycles. The number of carboxylic acids is 2. The van der Waals surface area contributed by atoms with E-state index in [4.69, 9.17) is 10.2 Å². The van der Waals surface area contributed by atoms with Gasteiger partial charge in [0.25, 0.3) is 0 Å². The number of nitrogens with zero attached hydrogens (tertiary/aromatic N) is 4. The number of carbonyl (C=O) groups is 2. The summed E-state index contributed by atoms with van der Waals surface area (Å²) in [6, 6.07) is 0. The Bertz CT molecular complexity index is 411. The van der Waals surface area contributed by atoms with Crippen molar-refractivity contribution in [3.05, 3.63) is 23.8 Å². The molecule has 11 heteroatoms. The van der Waals surface area contributed by atoms with Gasteiger partial charge in [-0.05, 0) is 0 Å². The molecule has 0 aromatic carbocycles. The summed E-state index contributed by atoms with van der Waals surface area (Å²) in [6.07, 6.45) is 2.28. The Morgan fingerprint density at radius 3 is 1.41 bits per heavy atom. The Morgan fingerprint density at radius 1 is 0.941 bits per heavy atom. The molecule has 17 heavy (non-hydrogen) atoms. The number of H-pyrrole nitrogens is 2. The summed E-state index contributed by atoms with van der Waals surface area (Å²) in [5.74, 6) is -2.14. The Hall–Kier alpha value is -2.26. The van der Waals surface area contributed by atoms with E-state index in [0.29, 0.717) is 0 Å². The number of hydrogen-bond donors (Lipinski definition) is 4. The summed E-state index contributed by atoms with van der Waals surface area (Å²) in [6.45, 7) is 0. The maximum absolute atomic E-state index is 9.94. The number of rotatable bonds is 2. The molecule has 0 aliphatic rings. The van der Waals surface area contributed by atoms with Gasteiger partial charge in [-0.3, -0.25) is 0 Å². The number of aromatic carboxylic acids is 2. The van der Waals surface area contributed by atoms with Crippen LogP contribution < -0.4 is 0 Å². The second kappa shape index (κ2) is 7.09. The maximum Gasteiger partial charge on any atom is 0.358 e. The van der Waals surface area contributed by atoms with Crippen LogP contribution >= 0.6 is 0 Å². The van der Waals surface area contributed by atoms with Crippen molar-refractivity contribution >= 4 is 11.9 Å². The van der Waals surface area contributed by atoms with Crippen LogP contribution in [0, 0.1) is 0 Å². The molecule has 10 nitrogen and oxygen atoms in total. The predicted octanol–water partition coefficient (Wildman–Crippen LogP) is -0.997. The van der Waals surface area contributed by atoms with Crippen molar-refractivity contribution in [3.8, 4) is 0 Å². The first-order valence-corrected chi connectivity index (χ1v) is 3.79. The van der Waals surface area contributed by atoms with Gasteiger partial charge in [-0.15, -0.1) is 10.2 Å². The fourth-order valence-electron chi connectivity index (χ4n) is 0.609. The summed E-state index contributed by atoms with van der Waals surface area (Å²) < 4.78 is 0. The minimum atomic E-state index is -1.07. The quantitative estimate of drug-likeness (QED) is 0.510. The molecular weight excluding hydrogens is 276 g/mol. The van der Waals surface area contributed by atoms with E-state index < -0.39 is 11.9 Å². The van der Waals surface area contributed by atoms with Gasteiger partial charge in [0.1, 0.15) is 0 Å². The van der Waals surface area contributed by atoms with E-state index >= 15 is 0 Å². The van der Waals surface area contributed by atoms with Crippen LogP contribution in [0.2, 0.25) is 0 Å². The van der Waals surface area contributed by atoms with E-state index in [2.05, 4.69) is 30.8 Å². The summed E-state index contributed by atoms with van der Waals surface area (Å²) in [5.41, 5.74) is -0.130. The summed E-state index contributed by atoms with van der Waals surface area (Å²) in [7, 11) is 0. The second-order valence-corrected chi connectivity index (χ2v) is 2.32. The summed E-state index contributed by atoms with van der Waals surface area (Å²) >= 11 is 0. The Labute approximate surface area is 104 Å². The molecule has 0 saturated carbocycles. The van der Waals surface area contributed by atoms with Crippen LogP contribution in [0.3, 0.4) is 0 Å². The average Bonchev–Trinajstić information content (AvgIpc) is 2.93. The number of carboxylic acid groups (broad SMARTS) is 2. The first-order chi connectivity index (χ1) is 7.61. The minimum Gasteiger partial charge on any atom is -0.476 e. The third kappa shape index (κ3) is 4.86. The van der Waals surface area contributed by atoms with Crippen molar-refractivity contribution in [2.75, 3.05) is 0 Å². The van der Waals surface area contributed by atoms with E-state index in [1.165, 1.54) is 0 Å². The van der Waals surface area contributed by atoms with E-state index in [-0.39, 0.29) is 28.5 Å². The summed E-state index contributed by atoms with van der Waals surface area (Å²) in [4.78, 5) is 19.9. The number of aromatic nitrogens is 6. The van der Waals surface area contributed by atoms with Crippen molar-refractivity contribution < 1.29 is 36.9 Å². The zero-order valence-corrected chi connectivity index (χ0v) is 9.11. The van der Waals surface area contributed by atoms with Gasteiger partial charge >= 0.3 is 11.9 Å². The molecule has 0 atom stereocenters. The van der Waals surface area contributed by atoms with Crippen molar-refractivity contribution in [2.45, 2.75) is 0 Å². The average molecular weight is 282 g/mol. The van der Waals surface area contributed by atoms with E-state index in [1.54, 1.807) is 0 Å². The minimum absolute atomic E-state index is 0. The fourth-order valence-corrected chi connectivity index (χ4v) is 0.609. The standard InChI is InChI=1S/2C3H3N3O2.Fe/c2*7-3(8)2-1-4-6-5-2;/h2*1H,(H,7,8)(H,4,5,6);. The molecule has 0 unspecified atom stereocenters. The van der Waals surface area contributed by atoms with Crippen molar-refractivity contribution in [1.29, 1.82) is 0 Å². The molecule has 2 rings (SSSR count). The Balaban J connectivity index is 0.000000284. The maximum atomic E-state index is 9.94. The zero-order valence-electron chi connectivity index (χ0n) is 8.01. The van der Waals surface area contributed by atoms with Crippen LogP contribution in [0.15, 0.2) is 12.4 Å². The number of aromatic amines is 2. The SMILES string of the molecule is O=C(O)c1cn[nH]n1.O=C(O)c1cn[nH]n1.[Fe]. The van der Waals surface area contributed by atoms with Gasteiger partial charge in [0.15, 0.2) is 11.4 Å². The van der Waals surface area contributed by atoms with E-state index in [9.17, 15) is 9.59 Å². The molecule has 0 saturated heterocycles. The largest absolute Gasteiger partial charge is 0.476 e. The van der Waals surface area contributed by atoms with Crippen LogP contribution in [0.1, 0.15) is 21.0 Å². The topological polar surface area (TPSA) is 158 Å². The molecule has 0 aliphatic carbocycles. The van der Waals surface area contributed by atoms with Gasteiger partial charge in [-0.2, -0.15) is 20.6 Å². The van der Waals surface area contributed by atoms with Crippen molar-refractivity contribution in [2.24, 2.45) is 0 Å². The molecule has 2 aromatic heterocycles. The molecule has 0 aliphatic heterocycles. The fraction of sp³-hybridized carbons (Fsp3) is 0. The first kappa shape index (κ1) is 14.7. The van der Waals surface area contributed by atoms with Crippen LogP contribution in [0.4, 0.5) is 0 Å². The van der Waals surface area contributed by atoms with Gasteiger partial charge < -0.3 is 10.2 Å². The van der Waals surface area contributed by atoms with E-state index in [1.807, 2.05) is 0 Å². The molecule has 0 fully saturated rings. The van der Waals surface area contributed by atoms with Gasteiger partial charge in [0.05, 0.1) is 12.4 Å². The van der Waals surface area contributed by atoms with Crippen LogP contribution in [0.5, 0.6) is 0 Å². The van der Waals surface area contributed by atoms with Crippen molar-refractivity contribution in [1.82, 2.24) is 30.8 Å². The predicted molar refractivity (Wildman–Crippen MR) is 46.7 cm³/mol.